The molecule has 1 atom stereocenters. The molecule has 0 bridgehead atoms. The molecule has 0 radical (unpaired) electrons. The summed E-state index contributed by atoms with van der Waals surface area (Å²) in [7, 11) is 7.65. The number of rotatable bonds is 7. The Morgan fingerprint density at radius 1 is 1.50 bits per heavy atom. The van der Waals surface area contributed by atoms with Crippen LogP contribution in [0, 0.1) is 0 Å². The lowest BCUT2D eigenvalue weighted by atomic mass is 10.1. The quantitative estimate of drug-likeness (QED) is 0.828. The van der Waals surface area contributed by atoms with E-state index in [9.17, 15) is 0 Å². The number of nitrogens with one attached hydrogen (secondary N) is 1. The van der Waals surface area contributed by atoms with Crippen molar-refractivity contribution in [3.05, 3.63) is 36.0 Å². The van der Waals surface area contributed by atoms with Crippen molar-refractivity contribution in [2.75, 3.05) is 34.8 Å². The predicted molar refractivity (Wildman–Crippen MR) is 76.9 cm³/mol. The van der Waals surface area contributed by atoms with Crippen LogP contribution in [-0.2, 0) is 6.54 Å². The summed E-state index contributed by atoms with van der Waals surface area (Å²) in [5, 5.41) is 7.68. The number of furan rings is 1. The zero-order valence-electron chi connectivity index (χ0n) is 12.5. The van der Waals surface area contributed by atoms with E-state index < -0.39 is 0 Å². The number of methoxy groups -OCH3 is 1. The van der Waals surface area contributed by atoms with Crippen molar-refractivity contribution in [2.45, 2.75) is 12.6 Å². The zero-order valence-corrected chi connectivity index (χ0v) is 12.5. The van der Waals surface area contributed by atoms with Crippen LogP contribution in [0.15, 0.2) is 29.0 Å². The molecule has 0 spiro atoms. The van der Waals surface area contributed by atoms with Crippen molar-refractivity contribution in [1.29, 1.82) is 0 Å². The van der Waals surface area contributed by atoms with Gasteiger partial charge >= 0.3 is 0 Å². The number of hydrogen-bond donors (Lipinski definition) is 1. The summed E-state index contributed by atoms with van der Waals surface area (Å²) in [6.45, 7) is 1.71. The van der Waals surface area contributed by atoms with Gasteiger partial charge in [-0.1, -0.05) is 0 Å². The molecule has 0 aliphatic heterocycles. The number of hydrogen-bond acceptors (Lipinski definition) is 5. The molecule has 110 valence electrons. The van der Waals surface area contributed by atoms with E-state index in [0.717, 1.165) is 30.3 Å². The van der Waals surface area contributed by atoms with Gasteiger partial charge in [0.2, 0.25) is 0 Å². The summed E-state index contributed by atoms with van der Waals surface area (Å²) in [6, 6.07) is 3.75. The molecule has 0 saturated carbocycles. The van der Waals surface area contributed by atoms with E-state index in [1.54, 1.807) is 19.6 Å². The van der Waals surface area contributed by atoms with Crippen LogP contribution in [-0.4, -0.2) is 49.5 Å². The van der Waals surface area contributed by atoms with Crippen LogP contribution in [0.5, 0.6) is 5.75 Å². The minimum absolute atomic E-state index is 0.0791. The summed E-state index contributed by atoms with van der Waals surface area (Å²) in [5.41, 5.74) is 0.979. The topological polar surface area (TPSA) is 55.5 Å². The second-order valence-corrected chi connectivity index (χ2v) is 4.86. The van der Waals surface area contributed by atoms with E-state index in [0.29, 0.717) is 0 Å². The zero-order chi connectivity index (χ0) is 14.5. The molecule has 0 aromatic carbocycles. The summed E-state index contributed by atoms with van der Waals surface area (Å²) < 4.78 is 12.9. The van der Waals surface area contributed by atoms with Crippen LogP contribution in [0.1, 0.15) is 17.5 Å². The highest BCUT2D eigenvalue weighted by Crippen LogP contribution is 2.29. The Bertz CT molecular complexity index is 519. The lowest BCUT2D eigenvalue weighted by Crippen LogP contribution is -2.25. The fraction of sp³-hybridized carbons (Fsp3) is 0.500. The van der Waals surface area contributed by atoms with Gasteiger partial charge in [-0.25, -0.2) is 0 Å². The molecule has 6 nitrogen and oxygen atoms in total. The maximum absolute atomic E-state index is 5.52. The van der Waals surface area contributed by atoms with Crippen LogP contribution in [0.4, 0.5) is 0 Å². The number of likely N-dealkylation sites (N-methyl/N-ethyl adjacent to an activating group) is 1. The van der Waals surface area contributed by atoms with Gasteiger partial charge in [0.1, 0.15) is 17.5 Å². The number of aromatic nitrogens is 2. The van der Waals surface area contributed by atoms with Crippen molar-refractivity contribution in [3.8, 4) is 5.75 Å². The number of nitrogens with zero attached hydrogens (tertiary/aromatic N) is 3. The molecule has 0 aliphatic carbocycles. The SMILES string of the molecule is CNC(c1ccco1)c1c(OC)cnn1CCN(C)C. The molecule has 2 aromatic heterocycles. The molecule has 0 saturated heterocycles. The Morgan fingerprint density at radius 2 is 2.30 bits per heavy atom. The third-order valence-electron chi connectivity index (χ3n) is 3.21. The molecule has 20 heavy (non-hydrogen) atoms. The van der Waals surface area contributed by atoms with Gasteiger partial charge in [-0.3, -0.25) is 4.68 Å². The first-order valence-electron chi connectivity index (χ1n) is 6.62. The minimum atomic E-state index is -0.0791. The van der Waals surface area contributed by atoms with E-state index in [4.69, 9.17) is 9.15 Å². The molecule has 2 heterocycles. The standard InChI is InChI=1S/C14H22N4O2/c1-15-13(11-6-5-9-20-11)14-12(19-4)10-16-18(14)8-7-17(2)3/h5-6,9-10,13,15H,7-8H2,1-4H3. The fourth-order valence-electron chi connectivity index (χ4n) is 2.17. The highest BCUT2D eigenvalue weighted by Gasteiger charge is 2.24. The molecule has 1 N–H and O–H groups in total. The normalized spacial score (nSPS) is 12.8. The maximum atomic E-state index is 5.52. The molecule has 0 fully saturated rings. The van der Waals surface area contributed by atoms with Gasteiger partial charge in [-0.15, -0.1) is 0 Å². The second kappa shape index (κ2) is 6.58. The van der Waals surface area contributed by atoms with Gasteiger partial charge in [0.25, 0.3) is 0 Å². The van der Waals surface area contributed by atoms with Gasteiger partial charge in [0.15, 0.2) is 5.75 Å². The predicted octanol–water partition coefficient (Wildman–Crippen LogP) is 1.36. The van der Waals surface area contributed by atoms with Crippen molar-refractivity contribution in [3.63, 3.8) is 0 Å². The average Bonchev–Trinajstić information content (AvgIpc) is 3.07. The summed E-state index contributed by atoms with van der Waals surface area (Å²) in [4.78, 5) is 2.12. The Morgan fingerprint density at radius 3 is 2.85 bits per heavy atom. The van der Waals surface area contributed by atoms with E-state index in [2.05, 4.69) is 15.3 Å². The smallest absolute Gasteiger partial charge is 0.162 e. The molecule has 2 aromatic rings. The van der Waals surface area contributed by atoms with E-state index >= 15 is 0 Å². The third-order valence-corrected chi connectivity index (χ3v) is 3.21. The summed E-state index contributed by atoms with van der Waals surface area (Å²) in [5.74, 6) is 1.61. The van der Waals surface area contributed by atoms with Crippen molar-refractivity contribution in [2.24, 2.45) is 0 Å². The average molecular weight is 278 g/mol. The first kappa shape index (κ1) is 14.6. The Kier molecular flexibility index (Phi) is 4.81. The Hall–Kier alpha value is -1.79. The maximum Gasteiger partial charge on any atom is 0.162 e. The van der Waals surface area contributed by atoms with Crippen molar-refractivity contribution >= 4 is 0 Å². The monoisotopic (exact) mass is 278 g/mol. The largest absolute Gasteiger partial charge is 0.493 e. The fourth-order valence-corrected chi connectivity index (χ4v) is 2.17. The first-order valence-corrected chi connectivity index (χ1v) is 6.62. The molecule has 0 aliphatic rings. The molecular formula is C14H22N4O2. The van der Waals surface area contributed by atoms with E-state index in [-0.39, 0.29) is 6.04 Å². The van der Waals surface area contributed by atoms with Gasteiger partial charge in [0, 0.05) is 6.54 Å². The van der Waals surface area contributed by atoms with E-state index in [1.807, 2.05) is 38.0 Å². The van der Waals surface area contributed by atoms with Crippen LogP contribution < -0.4 is 10.1 Å². The van der Waals surface area contributed by atoms with E-state index in [1.165, 1.54) is 0 Å². The molecule has 2 rings (SSSR count). The molecular weight excluding hydrogens is 256 g/mol. The van der Waals surface area contributed by atoms with Crippen molar-refractivity contribution < 1.29 is 9.15 Å². The first-order chi connectivity index (χ1) is 9.67. The van der Waals surface area contributed by atoms with Crippen LogP contribution >= 0.6 is 0 Å². The van der Waals surface area contributed by atoms with Crippen molar-refractivity contribution in [1.82, 2.24) is 20.0 Å². The van der Waals surface area contributed by atoms with Gasteiger partial charge in [0.05, 0.1) is 26.1 Å². The van der Waals surface area contributed by atoms with Gasteiger partial charge < -0.3 is 19.4 Å². The van der Waals surface area contributed by atoms with Crippen LogP contribution in [0.2, 0.25) is 0 Å². The molecule has 0 amide bonds. The minimum Gasteiger partial charge on any atom is -0.493 e. The summed E-state index contributed by atoms with van der Waals surface area (Å²) in [6.07, 6.45) is 3.42. The second-order valence-electron chi connectivity index (χ2n) is 4.86. The van der Waals surface area contributed by atoms with Crippen LogP contribution in [0.25, 0.3) is 0 Å². The third kappa shape index (κ3) is 3.02. The Labute approximate surface area is 119 Å². The molecule has 1 unspecified atom stereocenters. The molecule has 6 heteroatoms. The van der Waals surface area contributed by atoms with Gasteiger partial charge in [-0.2, -0.15) is 5.10 Å². The lowest BCUT2D eigenvalue weighted by molar-refractivity contribution is 0.354. The highest BCUT2D eigenvalue weighted by atomic mass is 16.5. The number of ether oxygens (including phenoxy) is 1. The van der Waals surface area contributed by atoms with Gasteiger partial charge in [-0.05, 0) is 33.3 Å². The highest BCUT2D eigenvalue weighted by molar-refractivity contribution is 5.33. The Balaban J connectivity index is 2.34. The van der Waals surface area contributed by atoms with Crippen LogP contribution in [0.3, 0.4) is 0 Å². The summed E-state index contributed by atoms with van der Waals surface area (Å²) >= 11 is 0. The lowest BCUT2D eigenvalue weighted by Gasteiger charge is -2.18.